The van der Waals surface area contributed by atoms with Crippen molar-refractivity contribution < 1.29 is 14.3 Å². The summed E-state index contributed by atoms with van der Waals surface area (Å²) in [7, 11) is 0. The van der Waals surface area contributed by atoms with Gasteiger partial charge in [-0.05, 0) is 33.6 Å². The van der Waals surface area contributed by atoms with E-state index in [1.54, 1.807) is 11.3 Å². The predicted octanol–water partition coefficient (Wildman–Crippen LogP) is 3.38. The number of nitrogens with one attached hydrogen (secondary N) is 1. The van der Waals surface area contributed by atoms with Crippen LogP contribution in [0, 0.1) is 0 Å². The molecule has 0 aliphatic carbocycles. The molecule has 1 amide bonds. The van der Waals surface area contributed by atoms with E-state index in [4.69, 9.17) is 9.47 Å². The lowest BCUT2D eigenvalue weighted by molar-refractivity contribution is 0.0635. The average Bonchev–Trinajstić information content (AvgIpc) is 2.76. The van der Waals surface area contributed by atoms with Crippen LogP contribution in [-0.4, -0.2) is 29.9 Å². The van der Waals surface area contributed by atoms with Crippen molar-refractivity contribution in [1.82, 2.24) is 4.98 Å². The summed E-state index contributed by atoms with van der Waals surface area (Å²) in [6.45, 7) is 7.08. The van der Waals surface area contributed by atoms with Crippen molar-refractivity contribution in [1.29, 1.82) is 0 Å². The van der Waals surface area contributed by atoms with Gasteiger partial charge in [0.1, 0.15) is 11.4 Å². The van der Waals surface area contributed by atoms with Gasteiger partial charge in [0.15, 0.2) is 0 Å². The zero-order valence-electron chi connectivity index (χ0n) is 11.6. The smallest absolute Gasteiger partial charge is 0.413 e. The maximum absolute atomic E-state index is 11.6. The molecule has 0 radical (unpaired) electrons. The lowest BCUT2D eigenvalue weighted by Gasteiger charge is -2.20. The molecule has 19 heavy (non-hydrogen) atoms. The van der Waals surface area contributed by atoms with Gasteiger partial charge in [0.05, 0.1) is 5.01 Å². The lowest BCUT2D eigenvalue weighted by atomic mass is 10.0. The van der Waals surface area contributed by atoms with Crippen LogP contribution >= 0.6 is 11.3 Å². The van der Waals surface area contributed by atoms with E-state index in [0.717, 1.165) is 31.1 Å². The topological polar surface area (TPSA) is 60.5 Å². The van der Waals surface area contributed by atoms with E-state index < -0.39 is 11.7 Å². The number of aromatic nitrogens is 1. The van der Waals surface area contributed by atoms with Crippen molar-refractivity contribution in [3.05, 3.63) is 10.4 Å². The molecule has 1 aliphatic heterocycles. The third-order valence-electron chi connectivity index (χ3n) is 2.72. The number of rotatable bonds is 2. The second-order valence-electron chi connectivity index (χ2n) is 5.58. The number of anilines is 1. The number of hydrogen-bond donors (Lipinski definition) is 1. The molecule has 0 unspecified atom stereocenters. The summed E-state index contributed by atoms with van der Waals surface area (Å²) in [5, 5.41) is 5.58. The molecule has 0 saturated carbocycles. The van der Waals surface area contributed by atoms with Crippen LogP contribution in [0.2, 0.25) is 0 Å². The molecule has 0 aromatic carbocycles. The van der Waals surface area contributed by atoms with Crippen molar-refractivity contribution in [2.45, 2.75) is 45.1 Å². The van der Waals surface area contributed by atoms with Crippen molar-refractivity contribution in [3.63, 3.8) is 0 Å². The highest BCUT2D eigenvalue weighted by Gasteiger charge is 2.21. The second kappa shape index (κ2) is 5.88. The Morgan fingerprint density at radius 3 is 2.79 bits per heavy atom. The number of thiazole rings is 1. The molecule has 1 aliphatic rings. The van der Waals surface area contributed by atoms with E-state index in [-0.39, 0.29) is 0 Å². The highest BCUT2D eigenvalue weighted by Crippen LogP contribution is 2.30. The van der Waals surface area contributed by atoms with Gasteiger partial charge in [-0.15, -0.1) is 11.3 Å². The molecule has 106 valence electrons. The van der Waals surface area contributed by atoms with Crippen molar-refractivity contribution in [2.24, 2.45) is 0 Å². The van der Waals surface area contributed by atoms with Crippen LogP contribution in [0.25, 0.3) is 0 Å². The first-order valence-electron chi connectivity index (χ1n) is 6.47. The van der Waals surface area contributed by atoms with Gasteiger partial charge in [-0.2, -0.15) is 0 Å². The van der Waals surface area contributed by atoms with Crippen LogP contribution in [0.1, 0.15) is 44.5 Å². The quantitative estimate of drug-likeness (QED) is 0.904. The highest BCUT2D eigenvalue weighted by atomic mass is 32.1. The van der Waals surface area contributed by atoms with E-state index in [0.29, 0.717) is 11.7 Å². The third-order valence-corrected chi connectivity index (χ3v) is 3.73. The van der Waals surface area contributed by atoms with Crippen molar-refractivity contribution >= 4 is 23.2 Å². The van der Waals surface area contributed by atoms with Gasteiger partial charge in [-0.25, -0.2) is 9.78 Å². The molecule has 0 bridgehead atoms. The Balaban J connectivity index is 1.91. The van der Waals surface area contributed by atoms with Crippen LogP contribution in [-0.2, 0) is 9.47 Å². The van der Waals surface area contributed by atoms with Crippen LogP contribution in [0.15, 0.2) is 5.38 Å². The normalized spacial score (nSPS) is 17.2. The largest absolute Gasteiger partial charge is 0.444 e. The summed E-state index contributed by atoms with van der Waals surface area (Å²) in [5.41, 5.74) is -0.496. The zero-order valence-corrected chi connectivity index (χ0v) is 12.4. The van der Waals surface area contributed by atoms with Crippen molar-refractivity contribution in [3.8, 4) is 0 Å². The Bertz CT molecular complexity index is 433. The van der Waals surface area contributed by atoms with E-state index in [1.165, 1.54) is 0 Å². The van der Waals surface area contributed by atoms with Gasteiger partial charge in [-0.3, -0.25) is 5.32 Å². The maximum Gasteiger partial charge on any atom is 0.413 e. The van der Waals surface area contributed by atoms with E-state index in [1.807, 2.05) is 26.2 Å². The standard InChI is InChI=1S/C13H20N2O3S/c1-13(2,3)18-12(16)15-10-8-19-11(14-10)9-4-6-17-7-5-9/h8-9H,4-7H2,1-3H3,(H,15,16). The summed E-state index contributed by atoms with van der Waals surface area (Å²) >= 11 is 1.58. The molecule has 0 atom stereocenters. The Hall–Kier alpha value is -1.14. The van der Waals surface area contributed by atoms with Crippen LogP contribution in [0.3, 0.4) is 0 Å². The summed E-state index contributed by atoms with van der Waals surface area (Å²) in [6, 6.07) is 0. The molecule has 1 aromatic heterocycles. The van der Waals surface area contributed by atoms with Crippen LogP contribution < -0.4 is 5.32 Å². The van der Waals surface area contributed by atoms with Gasteiger partial charge in [0.2, 0.25) is 0 Å². The molecular formula is C13H20N2O3S. The second-order valence-corrected chi connectivity index (χ2v) is 6.47. The summed E-state index contributed by atoms with van der Waals surface area (Å²) < 4.78 is 10.5. The van der Waals surface area contributed by atoms with Gasteiger partial charge in [0.25, 0.3) is 0 Å². The molecule has 1 N–H and O–H groups in total. The Morgan fingerprint density at radius 1 is 1.47 bits per heavy atom. The number of nitrogens with zero attached hydrogens (tertiary/aromatic N) is 1. The van der Waals surface area contributed by atoms with E-state index in [2.05, 4.69) is 10.3 Å². The molecule has 1 aromatic rings. The summed E-state index contributed by atoms with van der Waals surface area (Å²) in [4.78, 5) is 16.1. The summed E-state index contributed by atoms with van der Waals surface area (Å²) in [5.74, 6) is 1.02. The number of carbonyl (C=O) groups excluding carboxylic acids is 1. The minimum Gasteiger partial charge on any atom is -0.444 e. The SMILES string of the molecule is CC(C)(C)OC(=O)Nc1csc(C2CCOCC2)n1. The minimum atomic E-state index is -0.496. The molecule has 0 spiro atoms. The molecule has 2 rings (SSSR count). The number of ether oxygens (including phenoxy) is 2. The Labute approximate surface area is 117 Å². The molecule has 6 heteroatoms. The first kappa shape index (κ1) is 14.3. The van der Waals surface area contributed by atoms with E-state index >= 15 is 0 Å². The number of carbonyl (C=O) groups is 1. The Kier molecular flexibility index (Phi) is 4.42. The highest BCUT2D eigenvalue weighted by molar-refractivity contribution is 7.10. The third kappa shape index (κ3) is 4.47. The predicted molar refractivity (Wildman–Crippen MR) is 74.8 cm³/mol. The van der Waals surface area contributed by atoms with Gasteiger partial charge in [0, 0.05) is 24.5 Å². The number of amides is 1. The van der Waals surface area contributed by atoms with Crippen LogP contribution in [0.4, 0.5) is 10.6 Å². The van der Waals surface area contributed by atoms with E-state index in [9.17, 15) is 4.79 Å². The van der Waals surface area contributed by atoms with Crippen molar-refractivity contribution in [2.75, 3.05) is 18.5 Å². The van der Waals surface area contributed by atoms with Crippen LogP contribution in [0.5, 0.6) is 0 Å². The average molecular weight is 284 g/mol. The fourth-order valence-corrected chi connectivity index (χ4v) is 2.81. The fourth-order valence-electron chi connectivity index (χ4n) is 1.89. The maximum atomic E-state index is 11.6. The Morgan fingerprint density at radius 2 is 2.16 bits per heavy atom. The molecule has 1 saturated heterocycles. The fraction of sp³-hybridized carbons (Fsp3) is 0.692. The first-order chi connectivity index (χ1) is 8.94. The molecule has 5 nitrogen and oxygen atoms in total. The lowest BCUT2D eigenvalue weighted by Crippen LogP contribution is -2.27. The first-order valence-corrected chi connectivity index (χ1v) is 7.35. The van der Waals surface area contributed by atoms with Gasteiger partial charge in [-0.1, -0.05) is 0 Å². The molecule has 1 fully saturated rings. The molecular weight excluding hydrogens is 264 g/mol. The zero-order chi connectivity index (χ0) is 13.9. The minimum absolute atomic E-state index is 0.452. The van der Waals surface area contributed by atoms with Gasteiger partial charge < -0.3 is 9.47 Å². The van der Waals surface area contributed by atoms with Gasteiger partial charge >= 0.3 is 6.09 Å². The number of hydrogen-bond acceptors (Lipinski definition) is 5. The summed E-state index contributed by atoms with van der Waals surface area (Å²) in [6.07, 6.45) is 1.54. The monoisotopic (exact) mass is 284 g/mol. The molecule has 2 heterocycles.